The molecule has 1 N–H and O–H groups in total. The van der Waals surface area contributed by atoms with E-state index in [4.69, 9.17) is 4.42 Å². The highest BCUT2D eigenvalue weighted by atomic mass is 32.2. The summed E-state index contributed by atoms with van der Waals surface area (Å²) >= 11 is 2.59. The van der Waals surface area contributed by atoms with E-state index in [9.17, 15) is 18.0 Å². The van der Waals surface area contributed by atoms with Crippen molar-refractivity contribution in [1.29, 1.82) is 0 Å². The van der Waals surface area contributed by atoms with Gasteiger partial charge in [0, 0.05) is 17.1 Å². The van der Waals surface area contributed by atoms with Gasteiger partial charge in [0.2, 0.25) is 5.91 Å². The van der Waals surface area contributed by atoms with Crippen molar-refractivity contribution in [2.24, 2.45) is 0 Å². The summed E-state index contributed by atoms with van der Waals surface area (Å²) in [7, 11) is 0. The van der Waals surface area contributed by atoms with Crippen LogP contribution in [-0.4, -0.2) is 36.4 Å². The van der Waals surface area contributed by atoms with E-state index in [1.54, 1.807) is 12.3 Å². The van der Waals surface area contributed by atoms with Crippen LogP contribution in [0.25, 0.3) is 0 Å². The molecule has 0 saturated heterocycles. The molecule has 3 aromatic heterocycles. The summed E-state index contributed by atoms with van der Waals surface area (Å²) in [4.78, 5) is 21.3. The van der Waals surface area contributed by atoms with Gasteiger partial charge in [-0.3, -0.25) is 9.36 Å². The fourth-order valence-electron chi connectivity index (χ4n) is 3.21. The molecule has 0 fully saturated rings. The number of alkyl halides is 3. The van der Waals surface area contributed by atoms with Crippen molar-refractivity contribution in [3.8, 4) is 0 Å². The number of thioether (sulfide) groups is 2. The molecular weight excluding hydrogens is 513 g/mol. The van der Waals surface area contributed by atoms with Gasteiger partial charge in [0.25, 0.3) is 0 Å². The largest absolute Gasteiger partial charge is 0.467 e. The van der Waals surface area contributed by atoms with Gasteiger partial charge in [0.05, 0.1) is 29.9 Å². The summed E-state index contributed by atoms with van der Waals surface area (Å²) in [6.07, 6.45) is -2.86. The lowest BCUT2D eigenvalue weighted by molar-refractivity contribution is -0.137. The zero-order valence-electron chi connectivity index (χ0n) is 19.2. The van der Waals surface area contributed by atoms with E-state index in [1.165, 1.54) is 35.7 Å². The Morgan fingerprint density at radius 3 is 2.42 bits per heavy atom. The molecule has 4 aromatic rings. The Kier molecular flexibility index (Phi) is 7.99. The monoisotopic (exact) mass is 534 g/mol. The molecule has 1 amide bonds. The number of hydrogen-bond acceptors (Lipinski definition) is 8. The Labute approximate surface area is 213 Å². The standard InChI is InChI=1S/C23H21F3N6O2S2/c1-14-10-15(2)28-21(27-14)35-12-19-30-31-22(32(19)11-18-4-3-9-34-18)36-13-20(33)29-17-7-5-16(6-8-17)23(24,25)26/h3-10H,11-13H2,1-2H3,(H,29,33). The third-order valence-electron chi connectivity index (χ3n) is 4.81. The van der Waals surface area contributed by atoms with Crippen molar-refractivity contribution in [3.63, 3.8) is 0 Å². The quantitative estimate of drug-likeness (QED) is 0.226. The molecule has 0 aliphatic rings. The normalized spacial score (nSPS) is 11.6. The minimum Gasteiger partial charge on any atom is -0.467 e. The van der Waals surface area contributed by atoms with Crippen molar-refractivity contribution in [1.82, 2.24) is 24.7 Å². The van der Waals surface area contributed by atoms with Crippen molar-refractivity contribution < 1.29 is 22.4 Å². The summed E-state index contributed by atoms with van der Waals surface area (Å²) < 4.78 is 45.5. The average molecular weight is 535 g/mol. The average Bonchev–Trinajstić information content (AvgIpc) is 3.46. The van der Waals surface area contributed by atoms with Crippen molar-refractivity contribution in [2.75, 3.05) is 11.1 Å². The van der Waals surface area contributed by atoms with Gasteiger partial charge in [-0.15, -0.1) is 10.2 Å². The van der Waals surface area contributed by atoms with Crippen molar-refractivity contribution in [3.05, 3.63) is 77.3 Å². The number of hydrogen-bond donors (Lipinski definition) is 1. The summed E-state index contributed by atoms with van der Waals surface area (Å²) in [6.45, 7) is 4.18. The molecule has 188 valence electrons. The Morgan fingerprint density at radius 1 is 1.06 bits per heavy atom. The highest BCUT2D eigenvalue weighted by Gasteiger charge is 2.30. The molecule has 0 atom stereocenters. The summed E-state index contributed by atoms with van der Waals surface area (Å²) in [5.41, 5.74) is 1.24. The molecule has 0 bridgehead atoms. The number of furan rings is 1. The third-order valence-corrected chi connectivity index (χ3v) is 6.62. The highest BCUT2D eigenvalue weighted by Crippen LogP contribution is 2.30. The Morgan fingerprint density at radius 2 is 1.78 bits per heavy atom. The molecule has 0 unspecified atom stereocenters. The number of benzene rings is 1. The highest BCUT2D eigenvalue weighted by molar-refractivity contribution is 7.99. The van der Waals surface area contributed by atoms with Crippen LogP contribution in [-0.2, 0) is 23.3 Å². The van der Waals surface area contributed by atoms with Gasteiger partial charge >= 0.3 is 6.18 Å². The van der Waals surface area contributed by atoms with E-state index in [1.807, 2.05) is 30.5 Å². The Hall–Kier alpha value is -3.32. The summed E-state index contributed by atoms with van der Waals surface area (Å²) in [5, 5.41) is 12.3. The van der Waals surface area contributed by atoms with Gasteiger partial charge < -0.3 is 9.73 Å². The molecule has 0 radical (unpaired) electrons. The number of carbonyl (C=O) groups excluding carboxylic acids is 1. The van der Waals surface area contributed by atoms with Crippen molar-refractivity contribution >= 4 is 35.1 Å². The molecule has 0 saturated carbocycles. The van der Waals surface area contributed by atoms with Gasteiger partial charge in [-0.05, 0) is 56.3 Å². The van der Waals surface area contributed by atoms with E-state index < -0.39 is 11.7 Å². The SMILES string of the molecule is Cc1cc(C)nc(SCc2nnc(SCC(=O)Nc3ccc(C(F)(F)F)cc3)n2Cc2ccco2)n1. The fourth-order valence-corrected chi connectivity index (χ4v) is 4.85. The lowest BCUT2D eigenvalue weighted by Gasteiger charge is -2.10. The number of anilines is 1. The van der Waals surface area contributed by atoms with Crippen LogP contribution in [0.2, 0.25) is 0 Å². The maximum Gasteiger partial charge on any atom is 0.416 e. The molecule has 4 rings (SSSR count). The molecule has 0 spiro atoms. The minimum atomic E-state index is -4.43. The second-order valence-electron chi connectivity index (χ2n) is 7.70. The van der Waals surface area contributed by atoms with Crippen LogP contribution in [0.4, 0.5) is 18.9 Å². The maximum atomic E-state index is 12.7. The molecule has 0 aliphatic heterocycles. The van der Waals surface area contributed by atoms with Gasteiger partial charge in [-0.25, -0.2) is 9.97 Å². The molecule has 0 aliphatic carbocycles. The number of nitrogens with one attached hydrogen (secondary N) is 1. The predicted molar refractivity (Wildman–Crippen MR) is 130 cm³/mol. The van der Waals surface area contributed by atoms with Gasteiger partial charge in [0.15, 0.2) is 10.3 Å². The van der Waals surface area contributed by atoms with Crippen LogP contribution in [0.3, 0.4) is 0 Å². The van der Waals surface area contributed by atoms with E-state index in [0.29, 0.717) is 34.2 Å². The number of rotatable bonds is 9. The summed E-state index contributed by atoms with van der Waals surface area (Å²) in [6, 6.07) is 9.79. The number of aromatic nitrogens is 5. The lowest BCUT2D eigenvalue weighted by Crippen LogP contribution is -2.15. The number of nitrogens with zero attached hydrogens (tertiary/aromatic N) is 5. The van der Waals surface area contributed by atoms with E-state index in [0.717, 1.165) is 23.5 Å². The zero-order chi connectivity index (χ0) is 25.7. The lowest BCUT2D eigenvalue weighted by atomic mass is 10.2. The van der Waals surface area contributed by atoms with E-state index in [2.05, 4.69) is 25.5 Å². The first kappa shape index (κ1) is 25.8. The van der Waals surface area contributed by atoms with Gasteiger partial charge in [-0.2, -0.15) is 13.2 Å². The fraction of sp³-hybridized carbons (Fsp3) is 0.261. The van der Waals surface area contributed by atoms with Crippen LogP contribution in [0.15, 0.2) is 63.5 Å². The van der Waals surface area contributed by atoms with Gasteiger partial charge in [0.1, 0.15) is 11.6 Å². The summed E-state index contributed by atoms with van der Waals surface area (Å²) in [5.74, 6) is 1.41. The molecular formula is C23H21F3N6O2S2. The Bertz CT molecular complexity index is 1300. The second kappa shape index (κ2) is 11.2. The third kappa shape index (κ3) is 6.88. The van der Waals surface area contributed by atoms with Crippen LogP contribution < -0.4 is 5.32 Å². The maximum absolute atomic E-state index is 12.7. The predicted octanol–water partition coefficient (Wildman–Crippen LogP) is 5.37. The number of amides is 1. The van der Waals surface area contributed by atoms with Gasteiger partial charge in [-0.1, -0.05) is 23.5 Å². The number of aryl methyl sites for hydroxylation is 2. The van der Waals surface area contributed by atoms with Crippen molar-refractivity contribution in [2.45, 2.75) is 42.6 Å². The first-order valence-corrected chi connectivity index (χ1v) is 12.6. The molecule has 3 heterocycles. The first-order valence-electron chi connectivity index (χ1n) is 10.7. The van der Waals surface area contributed by atoms with Crippen LogP contribution in [0.5, 0.6) is 0 Å². The minimum absolute atomic E-state index is 0.00929. The van der Waals surface area contributed by atoms with Crippen LogP contribution in [0.1, 0.15) is 28.5 Å². The first-order chi connectivity index (χ1) is 17.2. The molecule has 1 aromatic carbocycles. The van der Waals surface area contributed by atoms with Crippen LogP contribution >= 0.6 is 23.5 Å². The smallest absolute Gasteiger partial charge is 0.416 e. The second-order valence-corrected chi connectivity index (χ2v) is 9.58. The zero-order valence-corrected chi connectivity index (χ0v) is 20.9. The molecule has 36 heavy (non-hydrogen) atoms. The van der Waals surface area contributed by atoms with E-state index >= 15 is 0 Å². The van der Waals surface area contributed by atoms with E-state index in [-0.39, 0.29) is 17.3 Å². The van der Waals surface area contributed by atoms with Crippen LogP contribution in [0, 0.1) is 13.8 Å². The number of halogens is 3. The molecule has 8 nitrogen and oxygen atoms in total. The number of carbonyl (C=O) groups is 1. The molecule has 13 heteroatoms. The Balaban J connectivity index is 1.43. The topological polar surface area (TPSA) is 98.7 Å².